The van der Waals surface area contributed by atoms with Crippen molar-refractivity contribution in [3.63, 3.8) is 0 Å². The number of nitrogens with zero attached hydrogens (tertiary/aromatic N) is 2. The van der Waals surface area contributed by atoms with Crippen LogP contribution in [0.2, 0.25) is 0 Å². The molecule has 5 nitrogen and oxygen atoms in total. The summed E-state index contributed by atoms with van der Waals surface area (Å²) in [7, 11) is 1.74. The molecule has 0 aliphatic carbocycles. The number of hydrogen-bond donors (Lipinski definition) is 2. The third-order valence-corrected chi connectivity index (χ3v) is 3.67. The molecule has 21 heavy (non-hydrogen) atoms. The average molecular weight is 349 g/mol. The van der Waals surface area contributed by atoms with Gasteiger partial charge < -0.3 is 10.3 Å². The summed E-state index contributed by atoms with van der Waals surface area (Å²) in [4.78, 5) is 18.4. The molecule has 0 spiro atoms. The molecule has 1 amide bonds. The molecular weight excluding hydrogens is 332 g/mol. The molecule has 0 atom stereocenters. The van der Waals surface area contributed by atoms with Crippen LogP contribution in [0.15, 0.2) is 34.9 Å². The van der Waals surface area contributed by atoms with Gasteiger partial charge in [0, 0.05) is 23.4 Å². The molecule has 0 aliphatic rings. The van der Waals surface area contributed by atoms with Gasteiger partial charge in [-0.1, -0.05) is 17.7 Å². The van der Waals surface area contributed by atoms with Gasteiger partial charge in [-0.3, -0.25) is 4.79 Å². The highest BCUT2D eigenvalue weighted by Crippen LogP contribution is 2.24. The number of carbonyl (C=O) groups excluding carboxylic acids is 1. The largest absolute Gasteiger partial charge is 0.311 e. The van der Waals surface area contributed by atoms with Gasteiger partial charge in [0.25, 0.3) is 5.91 Å². The van der Waals surface area contributed by atoms with Crippen LogP contribution >= 0.6 is 15.9 Å². The van der Waals surface area contributed by atoms with Gasteiger partial charge in [0.1, 0.15) is 0 Å². The van der Waals surface area contributed by atoms with Crippen LogP contribution in [0.4, 0.5) is 11.5 Å². The molecule has 2 aromatic rings. The van der Waals surface area contributed by atoms with Crippen molar-refractivity contribution in [2.45, 2.75) is 13.8 Å². The van der Waals surface area contributed by atoms with Crippen LogP contribution in [0.3, 0.4) is 0 Å². The van der Waals surface area contributed by atoms with Gasteiger partial charge >= 0.3 is 0 Å². The Labute approximate surface area is 132 Å². The number of nitrogen functional groups attached to an aromatic ring is 1. The van der Waals surface area contributed by atoms with Crippen LogP contribution in [0.25, 0.3) is 0 Å². The van der Waals surface area contributed by atoms with Crippen molar-refractivity contribution < 1.29 is 4.79 Å². The fourth-order valence-electron chi connectivity index (χ4n) is 2.19. The number of amides is 1. The molecule has 110 valence electrons. The van der Waals surface area contributed by atoms with Crippen LogP contribution in [0.1, 0.15) is 21.5 Å². The van der Waals surface area contributed by atoms with Crippen molar-refractivity contribution in [3.05, 3.63) is 51.6 Å². The number of hydrogen-bond acceptors (Lipinski definition) is 4. The van der Waals surface area contributed by atoms with Crippen molar-refractivity contribution in [1.82, 2.24) is 4.98 Å². The van der Waals surface area contributed by atoms with Gasteiger partial charge in [-0.25, -0.2) is 10.8 Å². The lowest BCUT2D eigenvalue weighted by Crippen LogP contribution is -2.28. The van der Waals surface area contributed by atoms with E-state index in [1.807, 2.05) is 32.0 Å². The van der Waals surface area contributed by atoms with E-state index in [0.717, 1.165) is 21.3 Å². The van der Waals surface area contributed by atoms with E-state index in [1.165, 1.54) is 0 Å². The van der Waals surface area contributed by atoms with Crippen molar-refractivity contribution in [2.24, 2.45) is 5.84 Å². The lowest BCUT2D eigenvalue weighted by atomic mass is 10.1. The number of aryl methyl sites for hydroxylation is 2. The molecule has 3 N–H and O–H groups in total. The highest BCUT2D eigenvalue weighted by atomic mass is 79.9. The third kappa shape index (κ3) is 3.22. The van der Waals surface area contributed by atoms with Crippen molar-refractivity contribution in [3.8, 4) is 0 Å². The van der Waals surface area contributed by atoms with Crippen LogP contribution in [0.5, 0.6) is 0 Å². The summed E-state index contributed by atoms with van der Waals surface area (Å²) in [6.45, 7) is 4.00. The normalized spacial score (nSPS) is 10.3. The fraction of sp³-hybridized carbons (Fsp3) is 0.200. The summed E-state index contributed by atoms with van der Waals surface area (Å²) in [5, 5.41) is 0. The highest BCUT2D eigenvalue weighted by molar-refractivity contribution is 9.10. The van der Waals surface area contributed by atoms with Crippen LogP contribution < -0.4 is 16.2 Å². The number of aromatic nitrogens is 1. The number of pyridine rings is 1. The average Bonchev–Trinajstić information content (AvgIpc) is 2.45. The molecule has 0 bridgehead atoms. The summed E-state index contributed by atoms with van der Waals surface area (Å²) in [5.41, 5.74) is 5.92. The summed E-state index contributed by atoms with van der Waals surface area (Å²) < 4.78 is 0.721. The van der Waals surface area contributed by atoms with Crippen LogP contribution in [-0.4, -0.2) is 17.9 Å². The Bertz CT molecular complexity index is 687. The number of hydrazine groups is 1. The minimum atomic E-state index is -0.177. The maximum Gasteiger partial charge on any atom is 0.261 e. The molecule has 1 aromatic carbocycles. The second-order valence-electron chi connectivity index (χ2n) is 4.85. The third-order valence-electron chi connectivity index (χ3n) is 3.24. The molecule has 0 radical (unpaired) electrons. The number of rotatable bonds is 3. The summed E-state index contributed by atoms with van der Waals surface area (Å²) >= 11 is 3.32. The van der Waals surface area contributed by atoms with E-state index < -0.39 is 0 Å². The van der Waals surface area contributed by atoms with Crippen LogP contribution in [0, 0.1) is 13.8 Å². The van der Waals surface area contributed by atoms with Crippen LogP contribution in [-0.2, 0) is 0 Å². The Morgan fingerprint density at radius 3 is 2.67 bits per heavy atom. The Morgan fingerprint density at radius 1 is 1.33 bits per heavy atom. The first-order chi connectivity index (χ1) is 9.93. The Morgan fingerprint density at radius 2 is 2.05 bits per heavy atom. The molecular formula is C15H17BrN4O. The number of carbonyl (C=O) groups is 1. The number of anilines is 2. The van der Waals surface area contributed by atoms with Gasteiger partial charge in [0.05, 0.1) is 5.56 Å². The van der Waals surface area contributed by atoms with E-state index in [2.05, 4.69) is 26.3 Å². The molecule has 0 unspecified atom stereocenters. The topological polar surface area (TPSA) is 71.2 Å². The zero-order chi connectivity index (χ0) is 15.6. The molecule has 2 rings (SSSR count). The second-order valence-corrected chi connectivity index (χ2v) is 5.76. The number of benzene rings is 1. The predicted octanol–water partition coefficient (Wildman–Crippen LogP) is 3.02. The maximum absolute atomic E-state index is 12.7. The van der Waals surface area contributed by atoms with E-state index in [4.69, 9.17) is 5.84 Å². The van der Waals surface area contributed by atoms with Gasteiger partial charge in [-0.15, -0.1) is 0 Å². The maximum atomic E-state index is 12.7. The number of halogens is 1. The molecule has 1 heterocycles. The first-order valence-corrected chi connectivity index (χ1v) is 7.21. The molecule has 0 fully saturated rings. The van der Waals surface area contributed by atoms with E-state index in [0.29, 0.717) is 11.4 Å². The van der Waals surface area contributed by atoms with Gasteiger partial charge in [0.2, 0.25) is 0 Å². The minimum absolute atomic E-state index is 0.177. The predicted molar refractivity (Wildman–Crippen MR) is 88.4 cm³/mol. The Hall–Kier alpha value is -1.92. The quantitative estimate of drug-likeness (QED) is 0.660. The molecule has 0 saturated carbocycles. The Balaban J connectivity index is 2.41. The molecule has 6 heteroatoms. The molecule has 1 aromatic heterocycles. The SMILES string of the molecule is Cc1ccc(N(C)C(=O)c2cc(Br)cnc2NN)c(C)c1. The van der Waals surface area contributed by atoms with Crippen molar-refractivity contribution in [1.29, 1.82) is 0 Å². The number of nitrogens with two attached hydrogens (primary N) is 1. The lowest BCUT2D eigenvalue weighted by Gasteiger charge is -2.21. The molecule has 0 saturated heterocycles. The molecule has 0 aliphatic heterocycles. The smallest absolute Gasteiger partial charge is 0.261 e. The first-order valence-electron chi connectivity index (χ1n) is 6.41. The standard InChI is InChI=1S/C15H17BrN4O/c1-9-4-5-13(10(2)6-9)20(3)15(21)12-7-11(16)8-18-14(12)19-17/h4-8H,17H2,1-3H3,(H,18,19). The van der Waals surface area contributed by atoms with Gasteiger partial charge in [-0.2, -0.15) is 0 Å². The van der Waals surface area contributed by atoms with E-state index in [1.54, 1.807) is 24.2 Å². The zero-order valence-electron chi connectivity index (χ0n) is 12.1. The minimum Gasteiger partial charge on any atom is -0.311 e. The monoisotopic (exact) mass is 348 g/mol. The zero-order valence-corrected chi connectivity index (χ0v) is 13.7. The summed E-state index contributed by atoms with van der Waals surface area (Å²) in [6, 6.07) is 7.65. The van der Waals surface area contributed by atoms with Gasteiger partial charge in [0.15, 0.2) is 5.82 Å². The van der Waals surface area contributed by atoms with Gasteiger partial charge in [-0.05, 0) is 47.5 Å². The van der Waals surface area contributed by atoms with Crippen molar-refractivity contribution >= 4 is 33.3 Å². The van der Waals surface area contributed by atoms with E-state index in [9.17, 15) is 4.79 Å². The Kier molecular flexibility index (Phi) is 4.59. The summed E-state index contributed by atoms with van der Waals surface area (Å²) in [6.07, 6.45) is 1.59. The van der Waals surface area contributed by atoms with E-state index in [-0.39, 0.29) is 5.91 Å². The number of nitrogens with one attached hydrogen (secondary N) is 1. The summed E-state index contributed by atoms with van der Waals surface area (Å²) in [5.74, 6) is 5.60. The first kappa shape index (κ1) is 15.5. The van der Waals surface area contributed by atoms with Crippen molar-refractivity contribution in [2.75, 3.05) is 17.4 Å². The highest BCUT2D eigenvalue weighted by Gasteiger charge is 2.19. The van der Waals surface area contributed by atoms with E-state index >= 15 is 0 Å². The fourth-order valence-corrected chi connectivity index (χ4v) is 2.52. The lowest BCUT2D eigenvalue weighted by molar-refractivity contribution is 0.0993. The second kappa shape index (κ2) is 6.24.